The molecule has 4 atom stereocenters. The molecule has 0 spiro atoms. The van der Waals surface area contributed by atoms with Gasteiger partial charge in [-0.1, -0.05) is 43.6 Å². The number of amides is 1. The number of phenols is 1. The number of carbonyl (C=O) groups is 2. The van der Waals surface area contributed by atoms with E-state index in [9.17, 15) is 24.9 Å². The van der Waals surface area contributed by atoms with Crippen molar-refractivity contribution in [3.8, 4) is 11.5 Å². The molecule has 2 aliphatic rings. The van der Waals surface area contributed by atoms with Crippen molar-refractivity contribution >= 4 is 11.9 Å². The van der Waals surface area contributed by atoms with Crippen LogP contribution in [0.4, 0.5) is 0 Å². The third-order valence-corrected chi connectivity index (χ3v) is 7.72. The third-order valence-electron chi connectivity index (χ3n) is 7.72. The van der Waals surface area contributed by atoms with Crippen molar-refractivity contribution in [2.24, 2.45) is 5.92 Å². The molecular weight excluding hydrogens is 458 g/mol. The Morgan fingerprint density at radius 2 is 1.94 bits per heavy atom. The van der Waals surface area contributed by atoms with E-state index >= 15 is 0 Å². The van der Waals surface area contributed by atoms with E-state index in [1.807, 2.05) is 20.8 Å². The van der Waals surface area contributed by atoms with Crippen LogP contribution in [0.1, 0.15) is 95.1 Å². The average molecular weight is 500 g/mol. The molecule has 3 N–H and O–H groups in total. The molecule has 198 valence electrons. The van der Waals surface area contributed by atoms with Crippen LogP contribution >= 0.6 is 0 Å². The summed E-state index contributed by atoms with van der Waals surface area (Å²) in [7, 11) is 0. The highest BCUT2D eigenvalue weighted by molar-refractivity contribution is 6.02. The van der Waals surface area contributed by atoms with Gasteiger partial charge in [-0.3, -0.25) is 4.79 Å². The largest absolute Gasteiger partial charge is 0.508 e. The molecule has 0 radical (unpaired) electrons. The predicted molar refractivity (Wildman–Crippen MR) is 139 cm³/mol. The van der Waals surface area contributed by atoms with Crippen LogP contribution in [-0.4, -0.2) is 49.8 Å². The summed E-state index contributed by atoms with van der Waals surface area (Å²) in [4.78, 5) is 26.6. The number of aliphatic hydroxyl groups is 1. The van der Waals surface area contributed by atoms with E-state index < -0.39 is 29.6 Å². The van der Waals surface area contributed by atoms with Crippen molar-refractivity contribution in [2.75, 3.05) is 0 Å². The molecule has 2 aliphatic heterocycles. The van der Waals surface area contributed by atoms with Gasteiger partial charge < -0.3 is 25.0 Å². The van der Waals surface area contributed by atoms with Gasteiger partial charge in [-0.15, -0.1) is 0 Å². The summed E-state index contributed by atoms with van der Waals surface area (Å²) in [5.41, 5.74) is 3.02. The van der Waals surface area contributed by atoms with E-state index in [-0.39, 0.29) is 30.2 Å². The Kier molecular flexibility index (Phi) is 8.55. The van der Waals surface area contributed by atoms with Crippen LogP contribution in [0.5, 0.6) is 11.5 Å². The first-order valence-corrected chi connectivity index (χ1v) is 13.0. The molecule has 7 heteroatoms. The van der Waals surface area contributed by atoms with Gasteiger partial charge in [0, 0.05) is 17.5 Å². The average Bonchev–Trinajstić information content (AvgIpc) is 3.10. The van der Waals surface area contributed by atoms with Crippen LogP contribution in [0.2, 0.25) is 0 Å². The topological polar surface area (TPSA) is 107 Å². The number of aliphatic carboxylic acids is 1. The lowest BCUT2D eigenvalue weighted by Gasteiger charge is -2.41. The number of hydrogen-bond donors (Lipinski definition) is 3. The highest BCUT2D eigenvalue weighted by Crippen LogP contribution is 2.47. The summed E-state index contributed by atoms with van der Waals surface area (Å²) >= 11 is 0. The van der Waals surface area contributed by atoms with Gasteiger partial charge in [0.2, 0.25) is 0 Å². The van der Waals surface area contributed by atoms with Crippen LogP contribution in [0.25, 0.3) is 0 Å². The van der Waals surface area contributed by atoms with Gasteiger partial charge in [-0.2, -0.15) is 0 Å². The van der Waals surface area contributed by atoms with E-state index in [1.165, 1.54) is 22.1 Å². The minimum atomic E-state index is -1.04. The molecule has 1 aromatic rings. The number of aromatic hydroxyl groups is 1. The molecular formula is C29H41NO6. The number of carbonyl (C=O) groups excluding carboxylic acids is 1. The maximum absolute atomic E-state index is 13.2. The maximum Gasteiger partial charge on any atom is 0.326 e. The zero-order chi connectivity index (χ0) is 26.8. The molecule has 0 aliphatic carbocycles. The van der Waals surface area contributed by atoms with E-state index in [2.05, 4.69) is 32.9 Å². The van der Waals surface area contributed by atoms with Crippen molar-refractivity contribution in [3.05, 3.63) is 46.1 Å². The fourth-order valence-corrected chi connectivity index (χ4v) is 5.15. The molecule has 0 fully saturated rings. The lowest BCUT2D eigenvalue weighted by Crippen LogP contribution is -2.49. The summed E-state index contributed by atoms with van der Waals surface area (Å²) in [6, 6.07) is 0.427. The van der Waals surface area contributed by atoms with Crippen molar-refractivity contribution in [2.45, 2.75) is 104 Å². The molecule has 0 aromatic heterocycles. The zero-order valence-corrected chi connectivity index (χ0v) is 22.4. The summed E-state index contributed by atoms with van der Waals surface area (Å²) in [6.07, 6.45) is 7.67. The number of ether oxygens (including phenoxy) is 1. The Balaban J connectivity index is 1.85. The quantitative estimate of drug-likeness (QED) is 0.373. The monoisotopic (exact) mass is 499 g/mol. The first-order valence-electron chi connectivity index (χ1n) is 13.0. The lowest BCUT2D eigenvalue weighted by atomic mass is 9.84. The molecule has 0 saturated heterocycles. The molecule has 36 heavy (non-hydrogen) atoms. The van der Waals surface area contributed by atoms with Gasteiger partial charge >= 0.3 is 5.97 Å². The first-order chi connectivity index (χ1) is 16.9. The van der Waals surface area contributed by atoms with E-state index in [0.29, 0.717) is 29.7 Å². The Labute approximate surface area is 214 Å². The number of phenolic OH excluding ortho intramolecular Hbond substituents is 1. The zero-order valence-electron chi connectivity index (χ0n) is 22.4. The Morgan fingerprint density at radius 3 is 2.56 bits per heavy atom. The van der Waals surface area contributed by atoms with Crippen LogP contribution in [0.3, 0.4) is 0 Å². The number of hydrogen-bond acceptors (Lipinski definition) is 5. The van der Waals surface area contributed by atoms with Crippen LogP contribution in [0.15, 0.2) is 29.4 Å². The molecule has 3 rings (SSSR count). The number of nitrogens with zero attached hydrogens (tertiary/aromatic N) is 1. The fraction of sp³-hybridized carbons (Fsp3) is 0.586. The highest BCUT2D eigenvalue weighted by Gasteiger charge is 2.46. The third kappa shape index (κ3) is 5.61. The summed E-state index contributed by atoms with van der Waals surface area (Å²) in [5, 5.41) is 31.5. The normalized spacial score (nSPS) is 23.0. The molecule has 1 aromatic carbocycles. The second-order valence-electron chi connectivity index (χ2n) is 10.9. The minimum absolute atomic E-state index is 0.105. The summed E-state index contributed by atoms with van der Waals surface area (Å²) in [5.74, 6) is -1.39. The van der Waals surface area contributed by atoms with Crippen molar-refractivity contribution in [1.82, 2.24) is 4.90 Å². The first kappa shape index (κ1) is 27.8. The number of rotatable bonds is 10. The Bertz CT molecular complexity index is 1070. The molecule has 0 saturated carbocycles. The summed E-state index contributed by atoms with van der Waals surface area (Å²) in [6.45, 7) is 12.0. The number of carboxylic acid groups (broad SMARTS) is 1. The van der Waals surface area contributed by atoms with Gasteiger partial charge in [0.1, 0.15) is 23.1 Å². The van der Waals surface area contributed by atoms with Gasteiger partial charge in [0.25, 0.3) is 5.91 Å². The van der Waals surface area contributed by atoms with E-state index in [1.54, 1.807) is 0 Å². The maximum atomic E-state index is 13.2. The number of aliphatic hydroxyl groups excluding tert-OH is 1. The Hall–Kier alpha value is -2.80. The number of allylic oxidation sites excluding steroid dienone is 4. The number of carboxylic acids is 1. The van der Waals surface area contributed by atoms with Gasteiger partial charge in [0.15, 0.2) is 0 Å². The molecule has 7 nitrogen and oxygen atoms in total. The SMILES string of the molecule is CC[C@@H](C)[C@@H](C(=O)O)N1Cc2c(cc(O)c3c2O[C@@](C)(CC/C=C(\C)CCC=C(C)C)[C@@H](O)C3)C1=O. The second kappa shape index (κ2) is 11.1. The fourth-order valence-electron chi connectivity index (χ4n) is 5.15. The van der Waals surface area contributed by atoms with E-state index in [4.69, 9.17) is 4.74 Å². The van der Waals surface area contributed by atoms with Gasteiger partial charge in [0.05, 0.1) is 18.2 Å². The second-order valence-corrected chi connectivity index (χ2v) is 10.9. The Morgan fingerprint density at radius 1 is 1.25 bits per heavy atom. The predicted octanol–water partition coefficient (Wildman–Crippen LogP) is 5.37. The molecule has 0 unspecified atom stereocenters. The summed E-state index contributed by atoms with van der Waals surface area (Å²) < 4.78 is 6.40. The number of benzene rings is 1. The number of fused-ring (bicyclic) bond motifs is 3. The lowest BCUT2D eigenvalue weighted by molar-refractivity contribution is -0.144. The van der Waals surface area contributed by atoms with E-state index in [0.717, 1.165) is 19.3 Å². The van der Waals surface area contributed by atoms with Crippen molar-refractivity contribution in [1.29, 1.82) is 0 Å². The van der Waals surface area contributed by atoms with Gasteiger partial charge in [-0.25, -0.2) is 4.79 Å². The van der Waals surface area contributed by atoms with Crippen molar-refractivity contribution in [3.63, 3.8) is 0 Å². The van der Waals surface area contributed by atoms with Crippen LogP contribution in [-0.2, 0) is 17.8 Å². The van der Waals surface area contributed by atoms with Crippen LogP contribution < -0.4 is 4.74 Å². The smallest absolute Gasteiger partial charge is 0.326 e. The molecule has 1 amide bonds. The van der Waals surface area contributed by atoms with Gasteiger partial charge in [-0.05, 0) is 65.4 Å². The minimum Gasteiger partial charge on any atom is -0.508 e. The van der Waals surface area contributed by atoms with Crippen LogP contribution in [0, 0.1) is 5.92 Å². The highest BCUT2D eigenvalue weighted by atomic mass is 16.5. The molecule has 2 heterocycles. The standard InChI is InChI=1S/C29H41NO6/c1-7-19(5)25(28(34)35)30-16-22-20(27(30)33)14-23(31)21-15-24(32)29(6,36-26(21)22)13-9-12-18(4)11-8-10-17(2)3/h10,12,14,19,24-25,31-32H,7-9,11,13,15-16H2,1-6H3,(H,34,35)/b18-12+/t19-,24+,25+,29+/m1/s1. The molecule has 0 bridgehead atoms. The van der Waals surface area contributed by atoms with Crippen molar-refractivity contribution < 1.29 is 29.6 Å².